The number of ether oxygens (including phenoxy) is 1. The summed E-state index contributed by atoms with van der Waals surface area (Å²) >= 11 is 6.61. The third-order valence-electron chi connectivity index (χ3n) is 3.42. The highest BCUT2D eigenvalue weighted by atomic mass is 79.9. The van der Waals surface area contributed by atoms with E-state index in [1.165, 1.54) is 0 Å². The predicted octanol–water partition coefficient (Wildman–Crippen LogP) is 2.43. The molecule has 0 aromatic heterocycles. The zero-order chi connectivity index (χ0) is 14.9. The number of hydrogen-bond donors (Lipinski definition) is 2. The molecule has 1 heterocycles. The predicted molar refractivity (Wildman–Crippen MR) is 79.7 cm³/mol. The van der Waals surface area contributed by atoms with E-state index in [0.29, 0.717) is 10.0 Å². The van der Waals surface area contributed by atoms with E-state index in [1.54, 1.807) is 25.1 Å². The molecule has 0 spiro atoms. The van der Waals surface area contributed by atoms with Crippen LogP contribution in [0.25, 0.3) is 0 Å². The van der Waals surface area contributed by atoms with Gasteiger partial charge in [0.1, 0.15) is 5.41 Å². The Morgan fingerprint density at radius 3 is 2.80 bits per heavy atom. The van der Waals surface area contributed by atoms with Crippen molar-refractivity contribution in [2.24, 2.45) is 5.41 Å². The Morgan fingerprint density at radius 2 is 2.15 bits per heavy atom. The summed E-state index contributed by atoms with van der Waals surface area (Å²) in [5.74, 6) is -1.31. The molecule has 1 amide bonds. The fourth-order valence-electron chi connectivity index (χ4n) is 1.99. The number of benzene rings is 1. The molecule has 7 heteroatoms. The van der Waals surface area contributed by atoms with Crippen molar-refractivity contribution in [2.75, 3.05) is 13.2 Å². The molecule has 5 nitrogen and oxygen atoms in total. The Kier molecular flexibility index (Phi) is 4.51. The quantitative estimate of drug-likeness (QED) is 0.808. The standard InChI is InChI=1S/C13H13Br2NO4/c1-13(12(18)19)6-20-5-10(13)16-11(17)8-4-7(14)2-3-9(8)15/h2-4,10H,5-6H2,1H3,(H,16,17)(H,18,19). The number of amides is 1. The molecule has 1 aromatic carbocycles. The van der Waals surface area contributed by atoms with Crippen LogP contribution in [0.2, 0.25) is 0 Å². The molecule has 0 aliphatic carbocycles. The molecule has 1 aliphatic heterocycles. The average molecular weight is 407 g/mol. The first-order chi connectivity index (χ1) is 9.34. The minimum atomic E-state index is -1.10. The van der Waals surface area contributed by atoms with E-state index in [-0.39, 0.29) is 19.1 Å². The van der Waals surface area contributed by atoms with Crippen molar-refractivity contribution in [3.05, 3.63) is 32.7 Å². The van der Waals surface area contributed by atoms with E-state index in [4.69, 9.17) is 4.74 Å². The van der Waals surface area contributed by atoms with Crippen LogP contribution in [0, 0.1) is 5.41 Å². The molecule has 0 bridgehead atoms. The van der Waals surface area contributed by atoms with Crippen LogP contribution in [-0.4, -0.2) is 36.2 Å². The van der Waals surface area contributed by atoms with E-state index in [9.17, 15) is 14.7 Å². The first kappa shape index (κ1) is 15.5. The van der Waals surface area contributed by atoms with Gasteiger partial charge >= 0.3 is 5.97 Å². The molecule has 2 N–H and O–H groups in total. The van der Waals surface area contributed by atoms with Gasteiger partial charge in [0.15, 0.2) is 0 Å². The number of nitrogens with one attached hydrogen (secondary N) is 1. The molecule has 20 heavy (non-hydrogen) atoms. The van der Waals surface area contributed by atoms with Crippen molar-refractivity contribution in [2.45, 2.75) is 13.0 Å². The minimum Gasteiger partial charge on any atom is -0.481 e. The van der Waals surface area contributed by atoms with Crippen LogP contribution in [0.1, 0.15) is 17.3 Å². The van der Waals surface area contributed by atoms with Crippen molar-refractivity contribution in [1.29, 1.82) is 0 Å². The highest BCUT2D eigenvalue weighted by Gasteiger charge is 2.47. The monoisotopic (exact) mass is 405 g/mol. The molecule has 1 saturated heterocycles. The van der Waals surface area contributed by atoms with E-state index < -0.39 is 17.4 Å². The van der Waals surface area contributed by atoms with Crippen molar-refractivity contribution in [3.8, 4) is 0 Å². The molecule has 2 rings (SSSR count). The van der Waals surface area contributed by atoms with Gasteiger partial charge in [-0.2, -0.15) is 0 Å². The van der Waals surface area contributed by atoms with Gasteiger partial charge in [0.05, 0.1) is 24.8 Å². The Balaban J connectivity index is 2.19. The van der Waals surface area contributed by atoms with Crippen LogP contribution >= 0.6 is 31.9 Å². The molecule has 2 atom stereocenters. The second-order valence-electron chi connectivity index (χ2n) is 4.89. The van der Waals surface area contributed by atoms with Crippen LogP contribution in [-0.2, 0) is 9.53 Å². The Hall–Kier alpha value is -0.920. The van der Waals surface area contributed by atoms with Gasteiger partial charge in [-0.25, -0.2) is 0 Å². The zero-order valence-electron chi connectivity index (χ0n) is 10.7. The third-order valence-corrected chi connectivity index (χ3v) is 4.61. The summed E-state index contributed by atoms with van der Waals surface area (Å²) in [6.07, 6.45) is 0. The summed E-state index contributed by atoms with van der Waals surface area (Å²) in [6.45, 7) is 1.86. The molecule has 1 aromatic rings. The van der Waals surface area contributed by atoms with Crippen molar-refractivity contribution < 1.29 is 19.4 Å². The normalized spacial score (nSPS) is 25.4. The Morgan fingerprint density at radius 1 is 1.45 bits per heavy atom. The fourth-order valence-corrected chi connectivity index (χ4v) is 2.78. The largest absolute Gasteiger partial charge is 0.481 e. The lowest BCUT2D eigenvalue weighted by molar-refractivity contribution is -0.148. The van der Waals surface area contributed by atoms with Gasteiger partial charge in [-0.3, -0.25) is 9.59 Å². The second-order valence-corrected chi connectivity index (χ2v) is 6.66. The lowest BCUT2D eigenvalue weighted by atomic mass is 9.85. The molecule has 0 saturated carbocycles. The SMILES string of the molecule is CC1(C(=O)O)COCC1NC(=O)c1cc(Br)ccc1Br. The summed E-state index contributed by atoms with van der Waals surface area (Å²) in [7, 11) is 0. The smallest absolute Gasteiger partial charge is 0.313 e. The highest BCUT2D eigenvalue weighted by Crippen LogP contribution is 2.29. The number of rotatable bonds is 3. The van der Waals surface area contributed by atoms with Crippen LogP contribution in [0.3, 0.4) is 0 Å². The summed E-state index contributed by atoms with van der Waals surface area (Å²) < 4.78 is 6.63. The summed E-state index contributed by atoms with van der Waals surface area (Å²) in [5, 5.41) is 12.0. The highest BCUT2D eigenvalue weighted by molar-refractivity contribution is 9.11. The van der Waals surface area contributed by atoms with E-state index in [2.05, 4.69) is 37.2 Å². The van der Waals surface area contributed by atoms with Gasteiger partial charge in [-0.05, 0) is 41.1 Å². The van der Waals surface area contributed by atoms with Crippen molar-refractivity contribution >= 4 is 43.7 Å². The first-order valence-corrected chi connectivity index (χ1v) is 7.50. The first-order valence-electron chi connectivity index (χ1n) is 5.91. The number of carbonyl (C=O) groups excluding carboxylic acids is 1. The number of carboxylic acids is 1. The van der Waals surface area contributed by atoms with Gasteiger partial charge in [0, 0.05) is 8.95 Å². The molecule has 1 aliphatic rings. The summed E-state index contributed by atoms with van der Waals surface area (Å²) in [5.41, 5.74) is -0.659. The lowest BCUT2D eigenvalue weighted by Crippen LogP contribution is -2.49. The van der Waals surface area contributed by atoms with Gasteiger partial charge in [0.25, 0.3) is 5.91 Å². The van der Waals surface area contributed by atoms with Crippen molar-refractivity contribution in [1.82, 2.24) is 5.32 Å². The molecule has 0 radical (unpaired) electrons. The summed E-state index contributed by atoms with van der Waals surface area (Å²) in [4.78, 5) is 23.6. The number of hydrogen-bond acceptors (Lipinski definition) is 3. The van der Waals surface area contributed by atoms with Crippen molar-refractivity contribution in [3.63, 3.8) is 0 Å². The van der Waals surface area contributed by atoms with Gasteiger partial charge < -0.3 is 15.2 Å². The zero-order valence-corrected chi connectivity index (χ0v) is 13.8. The molecule has 2 unspecified atom stereocenters. The molecule has 1 fully saturated rings. The lowest BCUT2D eigenvalue weighted by Gasteiger charge is -2.25. The number of halogens is 2. The second kappa shape index (κ2) is 5.83. The number of carboxylic acid groups (broad SMARTS) is 1. The number of aliphatic carboxylic acids is 1. The Labute approximate surface area is 132 Å². The topological polar surface area (TPSA) is 75.6 Å². The van der Waals surface area contributed by atoms with Crippen LogP contribution in [0.4, 0.5) is 0 Å². The van der Waals surface area contributed by atoms with E-state index >= 15 is 0 Å². The molecular formula is C13H13Br2NO4. The molecule has 108 valence electrons. The third kappa shape index (κ3) is 2.89. The van der Waals surface area contributed by atoms with E-state index in [1.807, 2.05) is 0 Å². The van der Waals surface area contributed by atoms with Crippen LogP contribution < -0.4 is 5.32 Å². The van der Waals surface area contributed by atoms with Gasteiger partial charge in [0.2, 0.25) is 0 Å². The van der Waals surface area contributed by atoms with Gasteiger partial charge in [-0.1, -0.05) is 15.9 Å². The maximum absolute atomic E-state index is 12.3. The number of carbonyl (C=O) groups is 2. The van der Waals surface area contributed by atoms with Crippen LogP contribution in [0.5, 0.6) is 0 Å². The maximum atomic E-state index is 12.3. The maximum Gasteiger partial charge on any atom is 0.313 e. The van der Waals surface area contributed by atoms with Crippen LogP contribution in [0.15, 0.2) is 27.1 Å². The minimum absolute atomic E-state index is 0.0902. The van der Waals surface area contributed by atoms with E-state index in [0.717, 1.165) is 4.47 Å². The summed E-state index contributed by atoms with van der Waals surface area (Å²) in [6, 6.07) is 4.67. The average Bonchev–Trinajstić information content (AvgIpc) is 2.75. The molecular weight excluding hydrogens is 394 g/mol. The van der Waals surface area contributed by atoms with Gasteiger partial charge in [-0.15, -0.1) is 0 Å². The Bertz CT molecular complexity index is 563. The fraction of sp³-hybridized carbons (Fsp3) is 0.385.